The second-order valence-corrected chi connectivity index (χ2v) is 8.14. The second-order valence-electron chi connectivity index (χ2n) is 7.40. The summed E-state index contributed by atoms with van der Waals surface area (Å²) < 4.78 is 5.34. The summed E-state index contributed by atoms with van der Waals surface area (Å²) in [6.45, 7) is 9.87. The van der Waals surface area contributed by atoms with E-state index in [4.69, 9.17) is 27.9 Å². The number of nitrogens with zero attached hydrogens (tertiary/aromatic N) is 3. The highest BCUT2D eigenvalue weighted by Crippen LogP contribution is 2.25. The van der Waals surface area contributed by atoms with Crippen LogP contribution in [0.1, 0.15) is 46.2 Å². The van der Waals surface area contributed by atoms with E-state index >= 15 is 0 Å². The lowest BCUT2D eigenvalue weighted by Crippen LogP contribution is -2.54. The fourth-order valence-electron chi connectivity index (χ4n) is 2.58. The number of carbonyl (C=O) groups is 1. The molecule has 24 heavy (non-hydrogen) atoms. The molecule has 0 unspecified atom stereocenters. The average molecular weight is 375 g/mol. The van der Waals surface area contributed by atoms with E-state index in [1.54, 1.807) is 0 Å². The number of hydrogen-bond acceptors (Lipinski definition) is 5. The number of rotatable bonds is 3. The molecule has 0 bridgehead atoms. The highest BCUT2D eigenvalue weighted by molar-refractivity contribution is 6.31. The first-order valence-corrected chi connectivity index (χ1v) is 8.72. The predicted molar refractivity (Wildman–Crippen MR) is 94.3 cm³/mol. The Balaban J connectivity index is 1.88. The van der Waals surface area contributed by atoms with Crippen LogP contribution in [0.15, 0.2) is 6.20 Å². The van der Waals surface area contributed by atoms with Crippen molar-refractivity contribution in [2.24, 2.45) is 0 Å². The first kappa shape index (κ1) is 19.2. The van der Waals surface area contributed by atoms with Gasteiger partial charge in [0.05, 0.1) is 16.9 Å². The van der Waals surface area contributed by atoms with Gasteiger partial charge in [-0.05, 0) is 52.1 Å². The van der Waals surface area contributed by atoms with Gasteiger partial charge in [0.1, 0.15) is 5.60 Å². The Morgan fingerprint density at radius 2 is 2.00 bits per heavy atom. The van der Waals surface area contributed by atoms with Gasteiger partial charge in [-0.1, -0.05) is 11.6 Å². The van der Waals surface area contributed by atoms with Crippen LogP contribution in [0.4, 0.5) is 4.79 Å². The van der Waals surface area contributed by atoms with Gasteiger partial charge in [0, 0.05) is 25.2 Å². The molecule has 1 aromatic rings. The Morgan fingerprint density at radius 3 is 2.58 bits per heavy atom. The molecule has 0 spiro atoms. The van der Waals surface area contributed by atoms with E-state index in [2.05, 4.69) is 20.2 Å². The number of hydrogen-bond donors (Lipinski definition) is 1. The molecule has 1 aliphatic rings. The Morgan fingerprint density at radius 1 is 1.38 bits per heavy atom. The van der Waals surface area contributed by atoms with Gasteiger partial charge in [0.2, 0.25) is 5.28 Å². The molecule has 0 aromatic carbocycles. The maximum Gasteiger partial charge on any atom is 0.408 e. The van der Waals surface area contributed by atoms with Crippen molar-refractivity contribution in [3.05, 3.63) is 22.2 Å². The zero-order chi connectivity index (χ0) is 18.0. The van der Waals surface area contributed by atoms with Gasteiger partial charge in [-0.15, -0.1) is 0 Å². The van der Waals surface area contributed by atoms with Gasteiger partial charge in [0.15, 0.2) is 0 Å². The summed E-state index contributed by atoms with van der Waals surface area (Å²) in [6, 6.07) is 0. The van der Waals surface area contributed by atoms with E-state index < -0.39 is 5.60 Å². The van der Waals surface area contributed by atoms with Gasteiger partial charge < -0.3 is 10.1 Å². The minimum atomic E-state index is -0.496. The van der Waals surface area contributed by atoms with E-state index in [-0.39, 0.29) is 16.9 Å². The normalized spacial score (nSPS) is 18.2. The van der Waals surface area contributed by atoms with Crippen LogP contribution >= 0.6 is 23.2 Å². The topological polar surface area (TPSA) is 67.3 Å². The molecule has 0 radical (unpaired) electrons. The summed E-state index contributed by atoms with van der Waals surface area (Å²) >= 11 is 11.9. The number of likely N-dealkylation sites (tertiary alicyclic amines) is 1. The standard InChI is InChI=1S/C16H24Cl2N4O2/c1-15(2,3)24-14(23)21-16(4)5-7-22(8-6-16)10-12-11(17)9-19-13(18)20-12/h9H,5-8,10H2,1-4H3,(H,21,23). The summed E-state index contributed by atoms with van der Waals surface area (Å²) in [6.07, 6.45) is 2.79. The van der Waals surface area contributed by atoms with Crippen molar-refractivity contribution in [1.82, 2.24) is 20.2 Å². The fraction of sp³-hybridized carbons (Fsp3) is 0.688. The van der Waals surface area contributed by atoms with E-state index in [1.807, 2.05) is 27.7 Å². The molecule has 1 saturated heterocycles. The molecule has 2 heterocycles. The van der Waals surface area contributed by atoms with Crippen molar-refractivity contribution in [3.8, 4) is 0 Å². The maximum absolute atomic E-state index is 12.0. The quantitative estimate of drug-likeness (QED) is 0.817. The van der Waals surface area contributed by atoms with Crippen LogP contribution in [0.5, 0.6) is 0 Å². The predicted octanol–water partition coefficient (Wildman–Crippen LogP) is 3.66. The van der Waals surface area contributed by atoms with Gasteiger partial charge >= 0.3 is 6.09 Å². The number of alkyl carbamates (subject to hydrolysis) is 1. The molecule has 1 amide bonds. The van der Waals surface area contributed by atoms with Crippen molar-refractivity contribution in [3.63, 3.8) is 0 Å². The summed E-state index contributed by atoms with van der Waals surface area (Å²) in [4.78, 5) is 22.3. The summed E-state index contributed by atoms with van der Waals surface area (Å²) in [5.41, 5.74) is -0.0452. The number of aromatic nitrogens is 2. The zero-order valence-corrected chi connectivity index (χ0v) is 16.0. The molecule has 1 fully saturated rings. The number of piperidine rings is 1. The Kier molecular flexibility index (Phi) is 5.94. The molecule has 1 aromatic heterocycles. The van der Waals surface area contributed by atoms with Crippen LogP contribution in [0.3, 0.4) is 0 Å². The molecular formula is C16H24Cl2N4O2. The van der Waals surface area contributed by atoms with E-state index in [0.29, 0.717) is 11.6 Å². The van der Waals surface area contributed by atoms with E-state index in [9.17, 15) is 4.79 Å². The molecule has 0 atom stereocenters. The van der Waals surface area contributed by atoms with Gasteiger partial charge in [-0.3, -0.25) is 4.90 Å². The van der Waals surface area contributed by atoms with Gasteiger partial charge in [-0.2, -0.15) is 0 Å². The Bertz CT molecular complexity index is 596. The summed E-state index contributed by atoms with van der Waals surface area (Å²) in [5, 5.41) is 3.71. The molecule has 6 nitrogen and oxygen atoms in total. The minimum Gasteiger partial charge on any atom is -0.444 e. The first-order valence-electron chi connectivity index (χ1n) is 7.97. The number of ether oxygens (including phenoxy) is 1. The van der Waals surface area contributed by atoms with Crippen LogP contribution in [-0.2, 0) is 11.3 Å². The Labute approximate surface area is 152 Å². The Hall–Kier alpha value is -1.11. The molecule has 134 valence electrons. The number of carbonyl (C=O) groups excluding carboxylic acids is 1. The highest BCUT2D eigenvalue weighted by atomic mass is 35.5. The number of amides is 1. The first-order chi connectivity index (χ1) is 11.1. The van der Waals surface area contributed by atoms with Crippen molar-refractivity contribution in [1.29, 1.82) is 0 Å². The van der Waals surface area contributed by atoms with E-state index in [0.717, 1.165) is 31.6 Å². The van der Waals surface area contributed by atoms with Crippen LogP contribution in [0.25, 0.3) is 0 Å². The third-order valence-electron chi connectivity index (χ3n) is 3.92. The van der Waals surface area contributed by atoms with Crippen molar-refractivity contribution >= 4 is 29.3 Å². The van der Waals surface area contributed by atoms with Crippen molar-refractivity contribution < 1.29 is 9.53 Å². The van der Waals surface area contributed by atoms with Crippen LogP contribution in [0, 0.1) is 0 Å². The molecule has 8 heteroatoms. The second kappa shape index (κ2) is 7.42. The van der Waals surface area contributed by atoms with Crippen LogP contribution < -0.4 is 5.32 Å². The summed E-state index contributed by atoms with van der Waals surface area (Å²) in [7, 11) is 0. The molecular weight excluding hydrogens is 351 g/mol. The lowest BCUT2D eigenvalue weighted by atomic mass is 9.89. The highest BCUT2D eigenvalue weighted by Gasteiger charge is 2.33. The number of nitrogens with one attached hydrogen (secondary N) is 1. The SMILES string of the molecule is CC1(NC(=O)OC(C)(C)C)CCN(Cc2nc(Cl)ncc2Cl)CC1. The smallest absolute Gasteiger partial charge is 0.408 e. The van der Waals surface area contributed by atoms with Crippen molar-refractivity contribution in [2.45, 2.75) is 58.2 Å². The minimum absolute atomic E-state index is 0.197. The van der Waals surface area contributed by atoms with Crippen LogP contribution in [-0.4, -0.2) is 45.2 Å². The number of halogens is 2. The third-order valence-corrected chi connectivity index (χ3v) is 4.42. The molecule has 2 rings (SSSR count). The monoisotopic (exact) mass is 374 g/mol. The molecule has 0 saturated carbocycles. The lowest BCUT2D eigenvalue weighted by molar-refractivity contribution is 0.0401. The molecule has 1 N–H and O–H groups in total. The largest absolute Gasteiger partial charge is 0.444 e. The van der Waals surface area contributed by atoms with Crippen molar-refractivity contribution in [2.75, 3.05) is 13.1 Å². The molecule has 1 aliphatic heterocycles. The lowest BCUT2D eigenvalue weighted by Gasteiger charge is -2.40. The van der Waals surface area contributed by atoms with E-state index in [1.165, 1.54) is 6.20 Å². The van der Waals surface area contributed by atoms with Crippen LogP contribution in [0.2, 0.25) is 10.3 Å². The zero-order valence-electron chi connectivity index (χ0n) is 14.5. The van der Waals surface area contributed by atoms with Gasteiger partial charge in [-0.25, -0.2) is 14.8 Å². The summed E-state index contributed by atoms with van der Waals surface area (Å²) in [5.74, 6) is 0. The maximum atomic E-state index is 12.0. The fourth-order valence-corrected chi connectivity index (χ4v) is 2.88. The van der Waals surface area contributed by atoms with Gasteiger partial charge in [0.25, 0.3) is 0 Å². The third kappa shape index (κ3) is 5.76. The average Bonchev–Trinajstić information content (AvgIpc) is 2.43. The molecule has 0 aliphatic carbocycles.